The Morgan fingerprint density at radius 1 is 1.47 bits per heavy atom. The molecule has 0 aromatic carbocycles. The standard InChI is InChI=1S/C10H9F2N3/c11-10(12)7-5-15(6-7)9-3-1-2-8(4-13)14-9/h1-3,7,10H,5-6H2. The third-order valence-electron chi connectivity index (χ3n) is 2.44. The number of nitrogens with zero attached hydrogens (tertiary/aromatic N) is 3. The van der Waals surface area contributed by atoms with Gasteiger partial charge in [-0.25, -0.2) is 13.8 Å². The van der Waals surface area contributed by atoms with E-state index in [2.05, 4.69) is 4.98 Å². The maximum Gasteiger partial charge on any atom is 0.244 e. The Morgan fingerprint density at radius 2 is 2.20 bits per heavy atom. The largest absolute Gasteiger partial charge is 0.355 e. The number of hydrogen-bond acceptors (Lipinski definition) is 3. The lowest BCUT2D eigenvalue weighted by Gasteiger charge is -2.39. The summed E-state index contributed by atoms with van der Waals surface area (Å²) >= 11 is 0. The van der Waals surface area contributed by atoms with E-state index in [1.54, 1.807) is 23.1 Å². The summed E-state index contributed by atoms with van der Waals surface area (Å²) in [6.07, 6.45) is -2.26. The van der Waals surface area contributed by atoms with E-state index in [0.29, 0.717) is 24.6 Å². The van der Waals surface area contributed by atoms with Crippen molar-refractivity contribution in [3.05, 3.63) is 23.9 Å². The van der Waals surface area contributed by atoms with Crippen LogP contribution in [0.5, 0.6) is 0 Å². The molecule has 1 aliphatic rings. The van der Waals surface area contributed by atoms with Gasteiger partial charge in [0.1, 0.15) is 17.6 Å². The van der Waals surface area contributed by atoms with Gasteiger partial charge in [-0.05, 0) is 12.1 Å². The molecule has 1 saturated heterocycles. The van der Waals surface area contributed by atoms with Crippen molar-refractivity contribution in [2.75, 3.05) is 18.0 Å². The van der Waals surface area contributed by atoms with E-state index in [0.717, 1.165) is 0 Å². The molecular formula is C10H9F2N3. The molecule has 3 nitrogen and oxygen atoms in total. The van der Waals surface area contributed by atoms with Crippen molar-refractivity contribution in [3.8, 4) is 6.07 Å². The molecule has 1 aliphatic heterocycles. The molecule has 0 unspecified atom stereocenters. The van der Waals surface area contributed by atoms with Crippen LogP contribution in [0.2, 0.25) is 0 Å². The summed E-state index contributed by atoms with van der Waals surface area (Å²) in [6.45, 7) is 0.638. The van der Waals surface area contributed by atoms with Gasteiger partial charge in [0, 0.05) is 13.1 Å². The van der Waals surface area contributed by atoms with Gasteiger partial charge in [-0.2, -0.15) is 5.26 Å². The molecule has 0 saturated carbocycles. The molecule has 2 heterocycles. The maximum absolute atomic E-state index is 12.2. The minimum atomic E-state index is -2.26. The molecule has 78 valence electrons. The Labute approximate surface area is 86.0 Å². The Balaban J connectivity index is 2.04. The van der Waals surface area contributed by atoms with Crippen LogP contribution < -0.4 is 4.90 Å². The SMILES string of the molecule is N#Cc1cccc(N2CC(C(F)F)C2)n1. The number of pyridine rings is 1. The summed E-state index contributed by atoms with van der Waals surface area (Å²) < 4.78 is 24.4. The number of nitriles is 1. The predicted molar refractivity (Wildman–Crippen MR) is 50.7 cm³/mol. The summed E-state index contributed by atoms with van der Waals surface area (Å²) in [6, 6.07) is 6.94. The molecule has 0 aliphatic carbocycles. The van der Waals surface area contributed by atoms with E-state index in [1.165, 1.54) is 0 Å². The first kappa shape index (κ1) is 9.84. The van der Waals surface area contributed by atoms with E-state index in [1.807, 2.05) is 6.07 Å². The number of rotatable bonds is 2. The second-order valence-corrected chi connectivity index (χ2v) is 3.49. The molecular weight excluding hydrogens is 200 g/mol. The van der Waals surface area contributed by atoms with Gasteiger partial charge in [-0.1, -0.05) is 6.07 Å². The van der Waals surface area contributed by atoms with Crippen LogP contribution in [-0.4, -0.2) is 24.5 Å². The van der Waals surface area contributed by atoms with Crippen LogP contribution in [0.1, 0.15) is 5.69 Å². The average Bonchev–Trinajstić information content (AvgIpc) is 2.15. The molecule has 0 amide bonds. The van der Waals surface area contributed by atoms with Gasteiger partial charge >= 0.3 is 0 Å². The molecule has 1 aromatic rings. The zero-order chi connectivity index (χ0) is 10.8. The monoisotopic (exact) mass is 209 g/mol. The number of aromatic nitrogens is 1. The van der Waals surface area contributed by atoms with Crippen LogP contribution in [-0.2, 0) is 0 Å². The first-order valence-corrected chi connectivity index (χ1v) is 4.61. The van der Waals surface area contributed by atoms with Crippen molar-refractivity contribution in [1.29, 1.82) is 5.26 Å². The van der Waals surface area contributed by atoms with Crippen molar-refractivity contribution in [2.24, 2.45) is 5.92 Å². The number of halogens is 2. The lowest BCUT2D eigenvalue weighted by molar-refractivity contribution is 0.0611. The minimum Gasteiger partial charge on any atom is -0.355 e. The quantitative estimate of drug-likeness (QED) is 0.743. The highest BCUT2D eigenvalue weighted by molar-refractivity contribution is 5.44. The zero-order valence-electron chi connectivity index (χ0n) is 7.90. The Hall–Kier alpha value is -1.70. The summed E-state index contributed by atoms with van der Waals surface area (Å²) in [7, 11) is 0. The van der Waals surface area contributed by atoms with Crippen molar-refractivity contribution in [3.63, 3.8) is 0 Å². The molecule has 5 heteroatoms. The van der Waals surface area contributed by atoms with Gasteiger partial charge < -0.3 is 4.90 Å². The number of anilines is 1. The van der Waals surface area contributed by atoms with Crippen LogP contribution >= 0.6 is 0 Å². The van der Waals surface area contributed by atoms with E-state index in [-0.39, 0.29) is 0 Å². The molecule has 0 N–H and O–H groups in total. The summed E-state index contributed by atoms with van der Waals surface area (Å²) in [5.41, 5.74) is 0.313. The van der Waals surface area contributed by atoms with Crippen LogP contribution in [0.4, 0.5) is 14.6 Å². The number of hydrogen-bond donors (Lipinski definition) is 0. The normalized spacial score (nSPS) is 16.3. The minimum absolute atomic E-state index is 0.313. The van der Waals surface area contributed by atoms with Crippen molar-refractivity contribution < 1.29 is 8.78 Å². The summed E-state index contributed by atoms with van der Waals surface area (Å²) in [5, 5.41) is 8.62. The predicted octanol–water partition coefficient (Wildman–Crippen LogP) is 1.65. The van der Waals surface area contributed by atoms with Crippen LogP contribution in [0.25, 0.3) is 0 Å². The Morgan fingerprint density at radius 3 is 2.80 bits per heavy atom. The van der Waals surface area contributed by atoms with Gasteiger partial charge in [-0.15, -0.1) is 0 Å². The second-order valence-electron chi connectivity index (χ2n) is 3.49. The Bertz CT molecular complexity index is 394. The molecule has 1 fully saturated rings. The third-order valence-corrected chi connectivity index (χ3v) is 2.44. The molecule has 0 radical (unpaired) electrons. The molecule has 0 bridgehead atoms. The molecule has 15 heavy (non-hydrogen) atoms. The highest BCUT2D eigenvalue weighted by Gasteiger charge is 2.34. The fourth-order valence-corrected chi connectivity index (χ4v) is 1.52. The highest BCUT2D eigenvalue weighted by atomic mass is 19.3. The fourth-order valence-electron chi connectivity index (χ4n) is 1.52. The Kier molecular flexibility index (Phi) is 2.50. The van der Waals surface area contributed by atoms with Gasteiger partial charge in [0.15, 0.2) is 0 Å². The van der Waals surface area contributed by atoms with Gasteiger partial charge in [0.25, 0.3) is 0 Å². The van der Waals surface area contributed by atoms with Crippen molar-refractivity contribution in [2.45, 2.75) is 6.43 Å². The first-order chi connectivity index (χ1) is 7.20. The molecule has 2 rings (SSSR count). The fraction of sp³-hybridized carbons (Fsp3) is 0.400. The first-order valence-electron chi connectivity index (χ1n) is 4.61. The second kappa shape index (κ2) is 3.81. The van der Waals surface area contributed by atoms with Crippen LogP contribution in [0.15, 0.2) is 18.2 Å². The van der Waals surface area contributed by atoms with Crippen molar-refractivity contribution in [1.82, 2.24) is 4.98 Å². The van der Waals surface area contributed by atoms with E-state index >= 15 is 0 Å². The zero-order valence-corrected chi connectivity index (χ0v) is 7.90. The molecule has 0 spiro atoms. The van der Waals surface area contributed by atoms with E-state index in [4.69, 9.17) is 5.26 Å². The third kappa shape index (κ3) is 1.89. The smallest absolute Gasteiger partial charge is 0.244 e. The van der Waals surface area contributed by atoms with Crippen LogP contribution in [0, 0.1) is 17.2 Å². The lowest BCUT2D eigenvalue weighted by Crippen LogP contribution is -2.50. The summed E-state index contributed by atoms with van der Waals surface area (Å²) in [4.78, 5) is 5.77. The maximum atomic E-state index is 12.2. The van der Waals surface area contributed by atoms with Gasteiger partial charge in [-0.3, -0.25) is 0 Å². The van der Waals surface area contributed by atoms with E-state index < -0.39 is 12.3 Å². The molecule has 0 atom stereocenters. The lowest BCUT2D eigenvalue weighted by atomic mass is 10.0. The topological polar surface area (TPSA) is 39.9 Å². The molecule has 1 aromatic heterocycles. The van der Waals surface area contributed by atoms with Gasteiger partial charge in [0.05, 0.1) is 5.92 Å². The van der Waals surface area contributed by atoms with Crippen molar-refractivity contribution >= 4 is 5.82 Å². The number of alkyl halides is 2. The van der Waals surface area contributed by atoms with Crippen LogP contribution in [0.3, 0.4) is 0 Å². The van der Waals surface area contributed by atoms with E-state index in [9.17, 15) is 8.78 Å². The average molecular weight is 209 g/mol. The van der Waals surface area contributed by atoms with Gasteiger partial charge in [0.2, 0.25) is 6.43 Å². The summed E-state index contributed by atoms with van der Waals surface area (Å²) in [5.74, 6) is 0.0449. The highest BCUT2D eigenvalue weighted by Crippen LogP contribution is 2.26.